The third-order valence-corrected chi connectivity index (χ3v) is 6.28. The van der Waals surface area contributed by atoms with E-state index in [0.717, 1.165) is 16.9 Å². The lowest BCUT2D eigenvalue weighted by Gasteiger charge is -2.19. The van der Waals surface area contributed by atoms with Crippen molar-refractivity contribution in [1.29, 1.82) is 0 Å². The van der Waals surface area contributed by atoms with Crippen LogP contribution in [-0.2, 0) is 22.6 Å². The monoisotopic (exact) mass is 466 g/mol. The van der Waals surface area contributed by atoms with E-state index in [-0.39, 0.29) is 23.6 Å². The molecule has 1 aromatic rings. The van der Waals surface area contributed by atoms with Crippen molar-refractivity contribution >= 4 is 17.6 Å². The zero-order valence-corrected chi connectivity index (χ0v) is 19.6. The highest BCUT2D eigenvalue weighted by atomic mass is 35.5. The molecule has 0 heterocycles. The molecule has 1 aliphatic carbocycles. The molecule has 0 aliphatic heterocycles. The van der Waals surface area contributed by atoms with E-state index in [4.69, 9.17) is 26.2 Å². The maximum absolute atomic E-state index is 10.6. The fourth-order valence-corrected chi connectivity index (χ4v) is 4.64. The quantitative estimate of drug-likeness (QED) is 0.230. The van der Waals surface area contributed by atoms with Gasteiger partial charge in [-0.1, -0.05) is 30.4 Å². The number of methoxy groups -OCH3 is 2. The number of aliphatic hydroxyl groups excluding tert-OH is 2. The molecule has 0 amide bonds. The lowest BCUT2D eigenvalue weighted by Crippen LogP contribution is -2.19. The van der Waals surface area contributed by atoms with Gasteiger partial charge in [0.1, 0.15) is 5.75 Å². The van der Waals surface area contributed by atoms with Crippen LogP contribution < -0.4 is 4.74 Å². The van der Waals surface area contributed by atoms with Crippen LogP contribution in [-0.4, -0.2) is 53.1 Å². The number of alkyl halides is 1. The van der Waals surface area contributed by atoms with Crippen molar-refractivity contribution in [3.63, 3.8) is 0 Å². The lowest BCUT2D eigenvalue weighted by molar-refractivity contribution is -0.137. The predicted molar refractivity (Wildman–Crippen MR) is 125 cm³/mol. The first-order chi connectivity index (χ1) is 15.3. The van der Waals surface area contributed by atoms with Crippen LogP contribution in [0.15, 0.2) is 42.5 Å². The Kier molecular flexibility index (Phi) is 11.2. The molecule has 1 saturated carbocycles. The third kappa shape index (κ3) is 8.58. The highest BCUT2D eigenvalue weighted by molar-refractivity contribution is 6.21. The second-order valence-corrected chi connectivity index (χ2v) is 8.89. The number of unbranched alkanes of at least 4 members (excludes halogenated alkanes) is 1. The molecule has 0 radical (unpaired) electrons. The standard InChI is InChI=1S/C25H35ClO6/c1-31-16-18-11-17(13-20(14-18)32-2)12-19(27)9-10-22-21(23(26)15-24(22)28)7-5-3-4-6-8-25(29)30/h3,5,9-11,13-14,19,21-24,27-28H,4,6-8,12,15-16H2,1-2H3,(H,29,30)/b5-3-,10-9+/t19?,21-,22-,23-,24-/m1/s1. The summed E-state index contributed by atoms with van der Waals surface area (Å²) in [7, 11) is 3.24. The molecule has 0 spiro atoms. The van der Waals surface area contributed by atoms with Gasteiger partial charge in [-0.05, 0) is 54.9 Å². The average Bonchev–Trinajstić information content (AvgIpc) is 3.01. The smallest absolute Gasteiger partial charge is 0.303 e. The Morgan fingerprint density at radius 3 is 2.69 bits per heavy atom. The minimum atomic E-state index is -0.786. The van der Waals surface area contributed by atoms with E-state index in [2.05, 4.69) is 0 Å². The molecule has 32 heavy (non-hydrogen) atoms. The largest absolute Gasteiger partial charge is 0.497 e. The van der Waals surface area contributed by atoms with Crippen molar-refractivity contribution in [2.75, 3.05) is 14.2 Å². The van der Waals surface area contributed by atoms with Gasteiger partial charge in [0, 0.05) is 31.2 Å². The van der Waals surface area contributed by atoms with Crippen molar-refractivity contribution < 1.29 is 29.6 Å². The molecular weight excluding hydrogens is 432 g/mol. The highest BCUT2D eigenvalue weighted by Crippen LogP contribution is 2.39. The molecular formula is C25H35ClO6. The lowest BCUT2D eigenvalue weighted by atomic mass is 9.90. The molecule has 7 heteroatoms. The average molecular weight is 467 g/mol. The molecule has 1 unspecified atom stereocenters. The van der Waals surface area contributed by atoms with Crippen LogP contribution in [0.4, 0.5) is 0 Å². The van der Waals surface area contributed by atoms with E-state index in [1.807, 2.05) is 36.4 Å². The molecule has 6 nitrogen and oxygen atoms in total. The zero-order chi connectivity index (χ0) is 23.5. The van der Waals surface area contributed by atoms with Crippen LogP contribution in [0, 0.1) is 11.8 Å². The predicted octanol–water partition coefficient (Wildman–Crippen LogP) is 4.11. The summed E-state index contributed by atoms with van der Waals surface area (Å²) < 4.78 is 10.5. The molecule has 1 aliphatic rings. The van der Waals surface area contributed by atoms with Crippen LogP contribution in [0.5, 0.6) is 5.75 Å². The van der Waals surface area contributed by atoms with E-state index in [0.29, 0.717) is 38.7 Å². The first kappa shape index (κ1) is 26.4. The van der Waals surface area contributed by atoms with E-state index >= 15 is 0 Å². The van der Waals surface area contributed by atoms with Gasteiger partial charge in [0.25, 0.3) is 0 Å². The Labute approximate surface area is 195 Å². The SMILES string of the molecule is COCc1cc(CC(O)/C=C/[C@@H]2[C@@H](C/C=C\CCCC(=O)O)[C@H](Cl)C[C@H]2O)cc(OC)c1. The summed E-state index contributed by atoms with van der Waals surface area (Å²) in [4.78, 5) is 10.6. The first-order valence-electron chi connectivity index (χ1n) is 11.0. The van der Waals surface area contributed by atoms with Crippen LogP contribution in [0.3, 0.4) is 0 Å². The topological polar surface area (TPSA) is 96.2 Å². The number of hydrogen-bond acceptors (Lipinski definition) is 5. The fraction of sp³-hybridized carbons (Fsp3) is 0.560. The summed E-state index contributed by atoms with van der Waals surface area (Å²) in [5.41, 5.74) is 1.92. The number of carboxylic acids is 1. The summed E-state index contributed by atoms with van der Waals surface area (Å²) >= 11 is 6.48. The molecule has 0 saturated heterocycles. The van der Waals surface area contributed by atoms with Crippen molar-refractivity contribution in [1.82, 2.24) is 0 Å². The van der Waals surface area contributed by atoms with Crippen molar-refractivity contribution in [3.8, 4) is 5.75 Å². The number of benzene rings is 1. The number of allylic oxidation sites excluding steroid dienone is 2. The van der Waals surface area contributed by atoms with E-state index in [9.17, 15) is 15.0 Å². The minimum Gasteiger partial charge on any atom is -0.497 e. The van der Waals surface area contributed by atoms with Gasteiger partial charge in [0.15, 0.2) is 0 Å². The fourth-order valence-electron chi connectivity index (χ4n) is 4.19. The Hall–Kier alpha value is -1.86. The van der Waals surface area contributed by atoms with Crippen LogP contribution in [0.2, 0.25) is 0 Å². The summed E-state index contributed by atoms with van der Waals surface area (Å²) in [6.07, 6.45) is 9.49. The summed E-state index contributed by atoms with van der Waals surface area (Å²) in [6, 6.07) is 5.79. The van der Waals surface area contributed by atoms with E-state index in [1.54, 1.807) is 20.3 Å². The maximum atomic E-state index is 10.6. The minimum absolute atomic E-state index is 0.0657. The van der Waals surface area contributed by atoms with Gasteiger partial charge >= 0.3 is 5.97 Å². The Balaban J connectivity index is 1.96. The molecule has 178 valence electrons. The van der Waals surface area contributed by atoms with Crippen molar-refractivity contribution in [2.24, 2.45) is 11.8 Å². The highest BCUT2D eigenvalue weighted by Gasteiger charge is 2.39. The molecule has 3 N–H and O–H groups in total. The van der Waals surface area contributed by atoms with Gasteiger partial charge < -0.3 is 24.8 Å². The number of hydrogen-bond donors (Lipinski definition) is 3. The van der Waals surface area contributed by atoms with Crippen LogP contribution in [0.25, 0.3) is 0 Å². The number of aliphatic carboxylic acids is 1. The van der Waals surface area contributed by atoms with Gasteiger partial charge in [-0.3, -0.25) is 4.79 Å². The molecule has 5 atom stereocenters. The first-order valence-corrected chi connectivity index (χ1v) is 11.5. The Bertz CT molecular complexity index is 778. The maximum Gasteiger partial charge on any atom is 0.303 e. The summed E-state index contributed by atoms with van der Waals surface area (Å²) in [5.74, 6) is -0.135. The molecule has 1 fully saturated rings. The summed E-state index contributed by atoms with van der Waals surface area (Å²) in [6.45, 7) is 0.465. The van der Waals surface area contributed by atoms with Crippen LogP contribution in [0.1, 0.15) is 43.2 Å². The number of carboxylic acid groups (broad SMARTS) is 1. The van der Waals surface area contributed by atoms with E-state index < -0.39 is 18.2 Å². The number of aliphatic hydroxyl groups is 2. The van der Waals surface area contributed by atoms with Gasteiger partial charge in [-0.15, -0.1) is 11.6 Å². The van der Waals surface area contributed by atoms with Gasteiger partial charge in [0.05, 0.1) is 25.9 Å². The number of carbonyl (C=O) groups is 1. The van der Waals surface area contributed by atoms with Gasteiger partial charge in [-0.2, -0.15) is 0 Å². The third-order valence-electron chi connectivity index (χ3n) is 5.78. The number of ether oxygens (including phenoxy) is 2. The molecule has 2 rings (SSSR count). The Morgan fingerprint density at radius 1 is 1.25 bits per heavy atom. The van der Waals surface area contributed by atoms with Crippen LogP contribution >= 0.6 is 11.6 Å². The number of halogens is 1. The summed E-state index contributed by atoms with van der Waals surface area (Å²) in [5, 5.41) is 29.6. The number of rotatable bonds is 13. The van der Waals surface area contributed by atoms with Gasteiger partial charge in [0.2, 0.25) is 0 Å². The normalized spacial score (nSPS) is 24.4. The van der Waals surface area contributed by atoms with Crippen molar-refractivity contribution in [2.45, 2.75) is 62.7 Å². The molecule has 1 aromatic carbocycles. The second kappa shape index (κ2) is 13.6. The second-order valence-electron chi connectivity index (χ2n) is 8.33. The zero-order valence-electron chi connectivity index (χ0n) is 18.8. The molecule has 0 aromatic heterocycles. The van der Waals surface area contributed by atoms with Crippen molar-refractivity contribution in [3.05, 3.63) is 53.6 Å². The van der Waals surface area contributed by atoms with E-state index in [1.165, 1.54) is 0 Å². The molecule has 0 bridgehead atoms. The van der Waals surface area contributed by atoms with Gasteiger partial charge in [-0.25, -0.2) is 0 Å². The Morgan fingerprint density at radius 2 is 2.00 bits per heavy atom.